The Bertz CT molecular complexity index is 657. The van der Waals surface area contributed by atoms with Crippen molar-refractivity contribution < 1.29 is 17.9 Å². The molecule has 0 radical (unpaired) electrons. The molecule has 132 valence electrons. The van der Waals surface area contributed by atoms with E-state index in [1.54, 1.807) is 0 Å². The van der Waals surface area contributed by atoms with Crippen LogP contribution >= 0.6 is 0 Å². The summed E-state index contributed by atoms with van der Waals surface area (Å²) in [5, 5.41) is 0. The quantitative estimate of drug-likeness (QED) is 0.752. The first-order valence-electron chi connectivity index (χ1n) is 8.86. The van der Waals surface area contributed by atoms with Crippen LogP contribution in [0.15, 0.2) is 12.1 Å². The minimum Gasteiger partial charge on any atom is -0.496 e. The highest BCUT2D eigenvalue weighted by molar-refractivity contribution is 5.54. The predicted molar refractivity (Wildman–Crippen MR) is 86.4 cm³/mol. The Morgan fingerprint density at radius 1 is 1.21 bits per heavy atom. The lowest BCUT2D eigenvalue weighted by Gasteiger charge is -2.59. The first-order valence-corrected chi connectivity index (χ1v) is 8.86. The molecule has 2 fully saturated rings. The van der Waals surface area contributed by atoms with E-state index in [2.05, 4.69) is 11.9 Å². The number of rotatable bonds is 1. The number of ether oxygens (including phenoxy) is 1. The molecule has 0 N–H and O–H groups in total. The molecule has 4 rings (SSSR count). The fourth-order valence-electron chi connectivity index (χ4n) is 5.76. The number of nitrogens with zero attached hydrogens (tertiary/aromatic N) is 1. The van der Waals surface area contributed by atoms with Gasteiger partial charge < -0.3 is 9.64 Å². The number of benzene rings is 1. The molecule has 1 heterocycles. The van der Waals surface area contributed by atoms with Crippen molar-refractivity contribution in [3.05, 3.63) is 28.8 Å². The van der Waals surface area contributed by atoms with Crippen LogP contribution in [-0.4, -0.2) is 31.6 Å². The van der Waals surface area contributed by atoms with Gasteiger partial charge in [0.15, 0.2) is 0 Å². The Kier molecular flexibility index (Phi) is 3.64. The van der Waals surface area contributed by atoms with E-state index in [1.165, 1.54) is 13.2 Å². The first-order chi connectivity index (χ1) is 11.4. The van der Waals surface area contributed by atoms with Gasteiger partial charge in [0.2, 0.25) is 0 Å². The maximum Gasteiger partial charge on any atom is 0.420 e. The van der Waals surface area contributed by atoms with Crippen molar-refractivity contribution in [3.8, 4) is 5.75 Å². The van der Waals surface area contributed by atoms with Gasteiger partial charge in [-0.05, 0) is 62.4 Å². The second kappa shape index (κ2) is 5.38. The van der Waals surface area contributed by atoms with Crippen LogP contribution in [0.5, 0.6) is 5.75 Å². The first kappa shape index (κ1) is 16.2. The Labute approximate surface area is 141 Å². The van der Waals surface area contributed by atoms with Gasteiger partial charge in [-0.3, -0.25) is 0 Å². The van der Waals surface area contributed by atoms with Gasteiger partial charge in [0.25, 0.3) is 0 Å². The van der Waals surface area contributed by atoms with Crippen molar-refractivity contribution in [1.29, 1.82) is 0 Å². The van der Waals surface area contributed by atoms with E-state index in [4.69, 9.17) is 4.74 Å². The van der Waals surface area contributed by atoms with Crippen LogP contribution in [0, 0.1) is 5.92 Å². The highest BCUT2D eigenvalue weighted by atomic mass is 19.4. The number of alkyl halides is 3. The van der Waals surface area contributed by atoms with Gasteiger partial charge in [0.05, 0.1) is 7.11 Å². The van der Waals surface area contributed by atoms with Crippen LogP contribution < -0.4 is 4.74 Å². The number of fused-ring (bicyclic) bond motifs is 1. The van der Waals surface area contributed by atoms with E-state index < -0.39 is 11.7 Å². The molecule has 1 aromatic rings. The fraction of sp³-hybridized carbons (Fsp3) is 0.684. The van der Waals surface area contributed by atoms with Gasteiger partial charge in [-0.2, -0.15) is 13.2 Å². The van der Waals surface area contributed by atoms with E-state index >= 15 is 0 Å². The molecule has 0 amide bonds. The Morgan fingerprint density at radius 3 is 2.71 bits per heavy atom. The van der Waals surface area contributed by atoms with E-state index in [1.807, 2.05) is 6.07 Å². The van der Waals surface area contributed by atoms with E-state index in [0.717, 1.165) is 50.6 Å². The number of hydrogen-bond acceptors (Lipinski definition) is 2. The predicted octanol–water partition coefficient (Wildman–Crippen LogP) is 4.40. The zero-order valence-electron chi connectivity index (χ0n) is 14.2. The monoisotopic (exact) mass is 339 g/mol. The molecule has 2 nitrogen and oxygen atoms in total. The Hall–Kier alpha value is -1.23. The molecular weight excluding hydrogens is 315 g/mol. The summed E-state index contributed by atoms with van der Waals surface area (Å²) in [5.41, 5.74) is 0.640. The molecule has 3 aliphatic rings. The molecule has 24 heavy (non-hydrogen) atoms. The molecule has 3 atom stereocenters. The van der Waals surface area contributed by atoms with Gasteiger partial charge in [-0.25, -0.2) is 0 Å². The smallest absolute Gasteiger partial charge is 0.420 e. The highest BCUT2D eigenvalue weighted by Gasteiger charge is 2.56. The highest BCUT2D eigenvalue weighted by Crippen LogP contribution is 2.59. The number of likely N-dealkylation sites (tertiary alicyclic amines) is 1. The van der Waals surface area contributed by atoms with Crippen LogP contribution in [0.25, 0.3) is 0 Å². The van der Waals surface area contributed by atoms with Crippen molar-refractivity contribution in [1.82, 2.24) is 4.90 Å². The molecule has 2 bridgehead atoms. The second-order valence-corrected chi connectivity index (χ2v) is 7.69. The van der Waals surface area contributed by atoms with Crippen molar-refractivity contribution in [2.45, 2.75) is 56.2 Å². The summed E-state index contributed by atoms with van der Waals surface area (Å²) >= 11 is 0. The van der Waals surface area contributed by atoms with Gasteiger partial charge in [-0.1, -0.05) is 18.9 Å². The maximum atomic E-state index is 14.0. The maximum absolute atomic E-state index is 14.0. The molecule has 0 aromatic heterocycles. The van der Waals surface area contributed by atoms with Crippen LogP contribution in [0.4, 0.5) is 13.2 Å². The summed E-state index contributed by atoms with van der Waals surface area (Å²) in [5.74, 6) is 0.322. The number of piperidine rings is 1. The molecule has 1 unspecified atom stereocenters. The molecule has 1 saturated carbocycles. The molecular formula is C19H24F3NO. The molecule has 1 aliphatic heterocycles. The Morgan fingerprint density at radius 2 is 2.00 bits per heavy atom. The third-order valence-electron chi connectivity index (χ3n) is 6.72. The molecule has 2 aliphatic carbocycles. The second-order valence-electron chi connectivity index (χ2n) is 7.69. The SMILES string of the molecule is COc1ccc2c(c1C(F)(F)F)[C@@]13CCCCC1[C@@H](C2)N(C)CC3. The minimum absolute atomic E-state index is 0.0164. The van der Waals surface area contributed by atoms with Crippen molar-refractivity contribution in [2.75, 3.05) is 20.7 Å². The number of likely N-dealkylation sites (N-methyl/N-ethyl adjacent to an activating group) is 1. The van der Waals surface area contributed by atoms with Gasteiger partial charge in [-0.15, -0.1) is 0 Å². The fourth-order valence-corrected chi connectivity index (χ4v) is 5.76. The lowest BCUT2D eigenvalue weighted by Crippen LogP contribution is -2.60. The van der Waals surface area contributed by atoms with Crippen LogP contribution in [0.1, 0.15) is 48.8 Å². The van der Waals surface area contributed by atoms with Crippen LogP contribution in [0.2, 0.25) is 0 Å². The minimum atomic E-state index is -4.37. The number of hydrogen-bond donors (Lipinski definition) is 0. The third kappa shape index (κ3) is 2.13. The van der Waals surface area contributed by atoms with E-state index in [0.29, 0.717) is 17.5 Å². The molecule has 1 saturated heterocycles. The average Bonchev–Trinajstić information content (AvgIpc) is 2.56. The standard InChI is InChI=1S/C19H24F3NO/c1-23-10-9-18-8-4-3-5-13(18)14(23)11-12-6-7-15(24-2)17(16(12)18)19(20,21)22/h6-7,13-14H,3-5,8-11H2,1-2H3/t13?,14-,18-/m1/s1. The summed E-state index contributed by atoms with van der Waals surface area (Å²) < 4.78 is 47.1. The van der Waals surface area contributed by atoms with Gasteiger partial charge >= 0.3 is 6.18 Å². The Balaban J connectivity index is 2.00. The lowest BCUT2D eigenvalue weighted by molar-refractivity contribution is -0.141. The molecule has 5 heteroatoms. The van der Waals surface area contributed by atoms with Crippen molar-refractivity contribution >= 4 is 0 Å². The zero-order valence-corrected chi connectivity index (χ0v) is 14.2. The van der Waals surface area contributed by atoms with Gasteiger partial charge in [0, 0.05) is 11.5 Å². The largest absolute Gasteiger partial charge is 0.496 e. The summed E-state index contributed by atoms with van der Waals surface area (Å²) in [6, 6.07) is 3.76. The summed E-state index contributed by atoms with van der Waals surface area (Å²) in [6.45, 7) is 0.884. The van der Waals surface area contributed by atoms with Crippen molar-refractivity contribution in [3.63, 3.8) is 0 Å². The topological polar surface area (TPSA) is 12.5 Å². The van der Waals surface area contributed by atoms with Crippen LogP contribution in [0.3, 0.4) is 0 Å². The van der Waals surface area contributed by atoms with E-state index in [9.17, 15) is 13.2 Å². The summed E-state index contributed by atoms with van der Waals surface area (Å²) in [6.07, 6.45) is 1.27. The van der Waals surface area contributed by atoms with E-state index in [-0.39, 0.29) is 11.2 Å². The molecule has 1 aromatic carbocycles. The molecule has 0 spiro atoms. The third-order valence-corrected chi connectivity index (χ3v) is 6.72. The normalized spacial score (nSPS) is 32.9. The number of methoxy groups -OCH3 is 1. The zero-order chi connectivity index (χ0) is 17.1. The summed E-state index contributed by atoms with van der Waals surface area (Å²) in [4.78, 5) is 2.37. The average molecular weight is 339 g/mol. The lowest BCUT2D eigenvalue weighted by atomic mass is 9.51. The van der Waals surface area contributed by atoms with Crippen molar-refractivity contribution in [2.24, 2.45) is 5.92 Å². The number of halogens is 3. The summed E-state index contributed by atoms with van der Waals surface area (Å²) in [7, 11) is 3.47. The van der Waals surface area contributed by atoms with Crippen LogP contribution in [-0.2, 0) is 18.0 Å². The van der Waals surface area contributed by atoms with Gasteiger partial charge in [0.1, 0.15) is 11.3 Å².